The van der Waals surface area contributed by atoms with Gasteiger partial charge in [-0.3, -0.25) is 4.79 Å². The Hall–Kier alpha value is -3.34. The molecule has 1 aliphatic carbocycles. The third-order valence-electron chi connectivity index (χ3n) is 6.02. The molecule has 4 rings (SSSR count). The summed E-state index contributed by atoms with van der Waals surface area (Å²) in [4.78, 5) is 26.3. The number of aryl methyl sites for hydroxylation is 1. The second kappa shape index (κ2) is 8.80. The van der Waals surface area contributed by atoms with Gasteiger partial charge < -0.3 is 14.8 Å². The average molecular weight is 418 g/mol. The quantitative estimate of drug-likeness (QED) is 0.714. The average Bonchev–Trinajstić information content (AvgIpc) is 2.77. The van der Waals surface area contributed by atoms with E-state index in [0.717, 1.165) is 46.7 Å². The van der Waals surface area contributed by atoms with Crippen molar-refractivity contribution in [3.63, 3.8) is 0 Å². The van der Waals surface area contributed by atoms with Crippen molar-refractivity contribution in [2.75, 3.05) is 7.11 Å². The van der Waals surface area contributed by atoms with E-state index in [2.05, 4.69) is 5.32 Å². The Morgan fingerprint density at radius 3 is 2.52 bits per heavy atom. The molecule has 0 fully saturated rings. The number of rotatable bonds is 5. The third kappa shape index (κ3) is 4.13. The second-order valence-corrected chi connectivity index (χ2v) is 8.05. The highest BCUT2D eigenvalue weighted by atomic mass is 16.5. The smallest absolute Gasteiger partial charge is 0.337 e. The molecule has 1 unspecified atom stereocenters. The third-order valence-corrected chi connectivity index (χ3v) is 6.02. The lowest BCUT2D eigenvalue weighted by Crippen LogP contribution is -2.34. The van der Waals surface area contributed by atoms with Crippen molar-refractivity contribution < 1.29 is 19.1 Å². The molecule has 0 aromatic heterocycles. The molecule has 31 heavy (non-hydrogen) atoms. The van der Waals surface area contributed by atoms with Gasteiger partial charge in [0.25, 0.3) is 0 Å². The molecule has 0 saturated carbocycles. The van der Waals surface area contributed by atoms with Crippen LogP contribution in [-0.2, 0) is 20.9 Å². The van der Waals surface area contributed by atoms with Crippen LogP contribution in [0.15, 0.2) is 71.1 Å². The number of allylic oxidation sites excluding steroid dienone is 3. The standard InChI is InChI=1S/C26H27NO4/c1-16-7-4-5-8-20(16)24-23(17(2)27-21-9-6-10-22(28)25(21)24)26(29)31-15-18-11-13-19(30-3)14-12-18/h4-5,7-8,11-14,24,27H,6,9-10,15H2,1-3H3. The van der Waals surface area contributed by atoms with E-state index in [0.29, 0.717) is 17.6 Å². The topological polar surface area (TPSA) is 64.6 Å². The Kier molecular flexibility index (Phi) is 5.94. The lowest BCUT2D eigenvalue weighted by Gasteiger charge is -2.34. The number of esters is 1. The van der Waals surface area contributed by atoms with Gasteiger partial charge in [-0.05, 0) is 55.5 Å². The summed E-state index contributed by atoms with van der Waals surface area (Å²) in [6, 6.07) is 15.4. The van der Waals surface area contributed by atoms with E-state index in [-0.39, 0.29) is 12.4 Å². The number of hydrogen-bond acceptors (Lipinski definition) is 5. The van der Waals surface area contributed by atoms with Crippen molar-refractivity contribution >= 4 is 11.8 Å². The number of benzene rings is 2. The van der Waals surface area contributed by atoms with Gasteiger partial charge in [-0.15, -0.1) is 0 Å². The highest BCUT2D eigenvalue weighted by Gasteiger charge is 2.39. The largest absolute Gasteiger partial charge is 0.497 e. The summed E-state index contributed by atoms with van der Waals surface area (Å²) in [6.45, 7) is 4.05. The van der Waals surface area contributed by atoms with E-state index in [4.69, 9.17) is 9.47 Å². The minimum atomic E-state index is -0.409. The number of ketones is 1. The van der Waals surface area contributed by atoms with Crippen LogP contribution in [0.3, 0.4) is 0 Å². The van der Waals surface area contributed by atoms with E-state index in [1.165, 1.54) is 0 Å². The van der Waals surface area contributed by atoms with Crippen molar-refractivity contribution in [1.82, 2.24) is 5.32 Å². The molecule has 5 nitrogen and oxygen atoms in total. The van der Waals surface area contributed by atoms with Crippen molar-refractivity contribution in [2.24, 2.45) is 0 Å². The molecule has 2 aromatic rings. The van der Waals surface area contributed by atoms with Crippen LogP contribution in [0.25, 0.3) is 0 Å². The van der Waals surface area contributed by atoms with E-state index in [1.54, 1.807) is 7.11 Å². The SMILES string of the molecule is COc1ccc(COC(=O)C2=C(C)NC3=C(C(=O)CCC3)C2c2ccccc2C)cc1. The summed E-state index contributed by atoms with van der Waals surface area (Å²) in [5.41, 5.74) is 5.81. The minimum absolute atomic E-state index is 0.106. The zero-order valence-electron chi connectivity index (χ0n) is 18.2. The van der Waals surface area contributed by atoms with Crippen LogP contribution in [0.5, 0.6) is 5.75 Å². The monoisotopic (exact) mass is 417 g/mol. The second-order valence-electron chi connectivity index (χ2n) is 8.05. The first-order valence-corrected chi connectivity index (χ1v) is 10.6. The molecule has 0 bridgehead atoms. The van der Waals surface area contributed by atoms with E-state index < -0.39 is 11.9 Å². The molecule has 2 aliphatic rings. The highest BCUT2D eigenvalue weighted by molar-refractivity contribution is 6.03. The molecule has 0 spiro atoms. The molecule has 5 heteroatoms. The van der Waals surface area contributed by atoms with Crippen LogP contribution >= 0.6 is 0 Å². The number of hydrogen-bond donors (Lipinski definition) is 1. The molecular formula is C26H27NO4. The summed E-state index contributed by atoms with van der Waals surface area (Å²) in [5, 5.41) is 3.33. The van der Waals surface area contributed by atoms with Gasteiger partial charge in [0.15, 0.2) is 5.78 Å². The number of carbonyl (C=O) groups is 2. The Morgan fingerprint density at radius 2 is 1.81 bits per heavy atom. The first kappa shape index (κ1) is 20.9. The predicted octanol–water partition coefficient (Wildman–Crippen LogP) is 4.71. The summed E-state index contributed by atoms with van der Waals surface area (Å²) in [7, 11) is 1.61. The Balaban J connectivity index is 1.67. The summed E-state index contributed by atoms with van der Waals surface area (Å²) < 4.78 is 10.9. The van der Waals surface area contributed by atoms with Crippen molar-refractivity contribution in [3.05, 3.63) is 87.8 Å². The van der Waals surface area contributed by atoms with Crippen LogP contribution < -0.4 is 10.1 Å². The number of Topliss-reactive ketones (excluding diaryl/α,β-unsaturated/α-hetero) is 1. The molecule has 160 valence electrons. The van der Waals surface area contributed by atoms with Crippen molar-refractivity contribution in [1.29, 1.82) is 0 Å². The number of ether oxygens (including phenoxy) is 2. The highest BCUT2D eigenvalue weighted by Crippen LogP contribution is 2.43. The molecule has 1 N–H and O–H groups in total. The maximum atomic E-state index is 13.3. The molecular weight excluding hydrogens is 390 g/mol. The number of dihydropyridines is 1. The molecule has 1 heterocycles. The Morgan fingerprint density at radius 1 is 1.06 bits per heavy atom. The van der Waals surface area contributed by atoms with Crippen LogP contribution in [0.1, 0.15) is 48.8 Å². The lowest BCUT2D eigenvalue weighted by molar-refractivity contribution is -0.140. The molecule has 2 aromatic carbocycles. The fourth-order valence-corrected chi connectivity index (χ4v) is 4.42. The molecule has 1 aliphatic heterocycles. The van der Waals surface area contributed by atoms with Crippen LogP contribution in [0.4, 0.5) is 0 Å². The summed E-state index contributed by atoms with van der Waals surface area (Å²) in [6.07, 6.45) is 2.15. The molecule has 0 saturated heterocycles. The number of nitrogens with one attached hydrogen (secondary N) is 1. The van der Waals surface area contributed by atoms with Gasteiger partial charge in [0.1, 0.15) is 12.4 Å². The van der Waals surface area contributed by atoms with Gasteiger partial charge >= 0.3 is 5.97 Å². The minimum Gasteiger partial charge on any atom is -0.497 e. The summed E-state index contributed by atoms with van der Waals surface area (Å²) >= 11 is 0. The van der Waals surface area contributed by atoms with Crippen LogP contribution in [-0.4, -0.2) is 18.9 Å². The van der Waals surface area contributed by atoms with E-state index in [9.17, 15) is 9.59 Å². The normalized spacial score (nSPS) is 18.4. The van der Waals surface area contributed by atoms with Gasteiger partial charge in [0, 0.05) is 29.3 Å². The van der Waals surface area contributed by atoms with Gasteiger partial charge in [-0.2, -0.15) is 0 Å². The van der Waals surface area contributed by atoms with E-state index in [1.807, 2.05) is 62.4 Å². The maximum Gasteiger partial charge on any atom is 0.337 e. The maximum absolute atomic E-state index is 13.3. The first-order valence-electron chi connectivity index (χ1n) is 10.6. The number of carbonyl (C=O) groups excluding carboxylic acids is 2. The molecule has 1 atom stereocenters. The molecule has 0 amide bonds. The summed E-state index contributed by atoms with van der Waals surface area (Å²) in [5.74, 6) is 0.0440. The van der Waals surface area contributed by atoms with Crippen LogP contribution in [0, 0.1) is 6.92 Å². The molecule has 0 radical (unpaired) electrons. The Bertz CT molecular complexity index is 1080. The van der Waals surface area contributed by atoms with Gasteiger partial charge in [0.05, 0.1) is 12.7 Å². The van der Waals surface area contributed by atoms with Gasteiger partial charge in [-0.1, -0.05) is 36.4 Å². The predicted molar refractivity (Wildman–Crippen MR) is 118 cm³/mol. The van der Waals surface area contributed by atoms with E-state index >= 15 is 0 Å². The van der Waals surface area contributed by atoms with Gasteiger partial charge in [-0.25, -0.2) is 4.79 Å². The lowest BCUT2D eigenvalue weighted by atomic mass is 9.74. The van der Waals surface area contributed by atoms with Gasteiger partial charge in [0.2, 0.25) is 0 Å². The first-order chi connectivity index (χ1) is 15.0. The van der Waals surface area contributed by atoms with Crippen molar-refractivity contribution in [3.8, 4) is 5.75 Å². The Labute approximate surface area is 182 Å². The zero-order chi connectivity index (χ0) is 22.0. The fourth-order valence-electron chi connectivity index (χ4n) is 4.42. The number of methoxy groups -OCH3 is 1. The zero-order valence-corrected chi connectivity index (χ0v) is 18.2. The fraction of sp³-hybridized carbons (Fsp3) is 0.308. The van der Waals surface area contributed by atoms with Crippen molar-refractivity contribution in [2.45, 2.75) is 45.6 Å². The van der Waals surface area contributed by atoms with Crippen LogP contribution in [0.2, 0.25) is 0 Å².